The van der Waals surface area contributed by atoms with E-state index in [9.17, 15) is 4.79 Å². The van der Waals surface area contributed by atoms with Gasteiger partial charge >= 0.3 is 6.09 Å². The number of amides is 1. The summed E-state index contributed by atoms with van der Waals surface area (Å²) in [5, 5.41) is 2.87. The zero-order chi connectivity index (χ0) is 11.8. The number of carbonyl (C=O) groups excluding carboxylic acids is 1. The average Bonchev–Trinajstić information content (AvgIpc) is 2.77. The number of alkyl carbamates (subject to hydrolysis) is 1. The van der Waals surface area contributed by atoms with Gasteiger partial charge in [-0.15, -0.1) is 0 Å². The maximum atomic E-state index is 11.6. The quantitative estimate of drug-likeness (QED) is 0.741. The van der Waals surface area contributed by atoms with Crippen LogP contribution in [0.2, 0.25) is 0 Å². The first-order valence-electron chi connectivity index (χ1n) is 6.15. The largest absolute Gasteiger partial charge is 0.444 e. The molecule has 90 valence electrons. The van der Waals surface area contributed by atoms with E-state index in [1.807, 2.05) is 20.8 Å². The van der Waals surface area contributed by atoms with Gasteiger partial charge in [0, 0.05) is 5.70 Å². The van der Waals surface area contributed by atoms with Gasteiger partial charge in [-0.3, -0.25) is 5.32 Å². The van der Waals surface area contributed by atoms with Crippen LogP contribution in [0.1, 0.15) is 46.5 Å². The van der Waals surface area contributed by atoms with Crippen LogP contribution in [0.15, 0.2) is 11.8 Å². The van der Waals surface area contributed by atoms with Crippen LogP contribution < -0.4 is 5.32 Å². The standard InChI is InChI=1S/C13H21NO2/c1-13(2,3)16-12(15)14-11-6-4-5-9-7-10(9)8-11/h8-10H,4-7H2,1-3H3,(H,14,15). The molecule has 0 bridgehead atoms. The first-order chi connectivity index (χ1) is 7.44. The molecule has 0 saturated heterocycles. The van der Waals surface area contributed by atoms with E-state index in [2.05, 4.69) is 11.4 Å². The third-order valence-electron chi connectivity index (χ3n) is 3.08. The molecule has 0 aliphatic heterocycles. The lowest BCUT2D eigenvalue weighted by Crippen LogP contribution is -2.32. The average molecular weight is 223 g/mol. The fourth-order valence-corrected chi connectivity index (χ4v) is 2.24. The lowest BCUT2D eigenvalue weighted by Gasteiger charge is -2.20. The fourth-order valence-electron chi connectivity index (χ4n) is 2.24. The van der Waals surface area contributed by atoms with Crippen molar-refractivity contribution in [2.75, 3.05) is 0 Å². The SMILES string of the molecule is CC(C)(C)OC(=O)NC1=CC2CC2CCC1. The smallest absolute Gasteiger partial charge is 0.411 e. The van der Waals surface area contributed by atoms with E-state index >= 15 is 0 Å². The summed E-state index contributed by atoms with van der Waals surface area (Å²) in [5.41, 5.74) is 0.636. The zero-order valence-electron chi connectivity index (χ0n) is 10.4. The summed E-state index contributed by atoms with van der Waals surface area (Å²) in [4.78, 5) is 11.6. The summed E-state index contributed by atoms with van der Waals surface area (Å²) in [6.07, 6.45) is 6.68. The van der Waals surface area contributed by atoms with Crippen LogP contribution in [0.4, 0.5) is 4.79 Å². The highest BCUT2D eigenvalue weighted by molar-refractivity contribution is 5.70. The molecule has 0 aromatic rings. The summed E-state index contributed by atoms with van der Waals surface area (Å²) >= 11 is 0. The van der Waals surface area contributed by atoms with Crippen LogP contribution >= 0.6 is 0 Å². The molecule has 0 heterocycles. The number of hydrogen-bond donors (Lipinski definition) is 1. The second-order valence-electron chi connectivity index (χ2n) is 5.87. The molecule has 1 amide bonds. The first kappa shape index (κ1) is 11.5. The van der Waals surface area contributed by atoms with Gasteiger partial charge in [0.15, 0.2) is 0 Å². The number of nitrogens with one attached hydrogen (secondary N) is 1. The number of hydrogen-bond acceptors (Lipinski definition) is 2. The molecule has 1 fully saturated rings. The van der Waals surface area contributed by atoms with Crippen LogP contribution in [0.3, 0.4) is 0 Å². The van der Waals surface area contributed by atoms with Gasteiger partial charge in [0.05, 0.1) is 0 Å². The molecule has 3 heteroatoms. The molecule has 16 heavy (non-hydrogen) atoms. The van der Waals surface area contributed by atoms with Crippen molar-refractivity contribution in [3.05, 3.63) is 11.8 Å². The summed E-state index contributed by atoms with van der Waals surface area (Å²) in [6, 6.07) is 0. The van der Waals surface area contributed by atoms with Crippen molar-refractivity contribution in [2.45, 2.75) is 52.1 Å². The minimum Gasteiger partial charge on any atom is -0.444 e. The number of fused-ring (bicyclic) bond motifs is 1. The van der Waals surface area contributed by atoms with Crippen molar-refractivity contribution in [1.82, 2.24) is 5.32 Å². The van der Waals surface area contributed by atoms with E-state index < -0.39 is 5.60 Å². The topological polar surface area (TPSA) is 38.3 Å². The second-order valence-corrected chi connectivity index (χ2v) is 5.87. The van der Waals surface area contributed by atoms with E-state index in [1.165, 1.54) is 19.3 Å². The molecule has 0 aromatic heterocycles. The van der Waals surface area contributed by atoms with Crippen molar-refractivity contribution in [3.63, 3.8) is 0 Å². The Bertz CT molecular complexity index is 314. The third-order valence-corrected chi connectivity index (χ3v) is 3.08. The summed E-state index contributed by atoms with van der Waals surface area (Å²) in [6.45, 7) is 5.64. The number of rotatable bonds is 1. The molecule has 0 radical (unpaired) electrons. The molecule has 1 saturated carbocycles. The summed E-state index contributed by atoms with van der Waals surface area (Å²) in [5.74, 6) is 1.60. The van der Waals surface area contributed by atoms with Crippen molar-refractivity contribution < 1.29 is 9.53 Å². The van der Waals surface area contributed by atoms with E-state index in [-0.39, 0.29) is 6.09 Å². The Balaban J connectivity index is 1.86. The minimum atomic E-state index is -0.419. The molecular formula is C13H21NO2. The second kappa shape index (κ2) is 4.11. The van der Waals surface area contributed by atoms with Gasteiger partial charge in [0.2, 0.25) is 0 Å². The lowest BCUT2D eigenvalue weighted by atomic mass is 10.2. The highest BCUT2D eigenvalue weighted by Crippen LogP contribution is 2.46. The normalized spacial score (nSPS) is 28.6. The van der Waals surface area contributed by atoms with Crippen LogP contribution in [-0.2, 0) is 4.74 Å². The summed E-state index contributed by atoms with van der Waals surface area (Å²) in [7, 11) is 0. The predicted octanol–water partition coefficient (Wildman–Crippen LogP) is 3.22. The monoisotopic (exact) mass is 223 g/mol. The highest BCUT2D eigenvalue weighted by Gasteiger charge is 2.36. The number of allylic oxidation sites excluding steroid dienone is 2. The zero-order valence-corrected chi connectivity index (χ0v) is 10.4. The van der Waals surface area contributed by atoms with Crippen LogP contribution in [-0.4, -0.2) is 11.7 Å². The summed E-state index contributed by atoms with van der Waals surface area (Å²) < 4.78 is 5.24. The van der Waals surface area contributed by atoms with Crippen molar-refractivity contribution >= 4 is 6.09 Å². The maximum Gasteiger partial charge on any atom is 0.411 e. The molecule has 1 N–H and O–H groups in total. The van der Waals surface area contributed by atoms with Gasteiger partial charge in [-0.05, 0) is 58.3 Å². The third kappa shape index (κ3) is 3.26. The highest BCUT2D eigenvalue weighted by atomic mass is 16.6. The molecule has 2 unspecified atom stereocenters. The Kier molecular flexibility index (Phi) is 2.96. The van der Waals surface area contributed by atoms with Gasteiger partial charge in [-0.2, -0.15) is 0 Å². The molecule has 2 aliphatic carbocycles. The Morgan fingerprint density at radius 2 is 2.25 bits per heavy atom. The number of ether oxygens (including phenoxy) is 1. The molecule has 3 nitrogen and oxygen atoms in total. The minimum absolute atomic E-state index is 0.321. The Hall–Kier alpha value is -0.990. The van der Waals surface area contributed by atoms with Crippen molar-refractivity contribution in [1.29, 1.82) is 0 Å². The number of carbonyl (C=O) groups is 1. The molecule has 2 rings (SSSR count). The van der Waals surface area contributed by atoms with Crippen molar-refractivity contribution in [3.8, 4) is 0 Å². The van der Waals surface area contributed by atoms with E-state index in [0.29, 0.717) is 5.92 Å². The Labute approximate surface area is 97.2 Å². The Morgan fingerprint density at radius 3 is 2.94 bits per heavy atom. The van der Waals surface area contributed by atoms with Crippen LogP contribution in [0.25, 0.3) is 0 Å². The van der Waals surface area contributed by atoms with E-state index in [4.69, 9.17) is 4.74 Å². The van der Waals surface area contributed by atoms with Gasteiger partial charge in [-0.25, -0.2) is 4.79 Å². The van der Waals surface area contributed by atoms with Crippen LogP contribution in [0, 0.1) is 11.8 Å². The van der Waals surface area contributed by atoms with Gasteiger partial charge in [0.1, 0.15) is 5.60 Å². The molecule has 2 aliphatic rings. The van der Waals surface area contributed by atoms with Crippen LogP contribution in [0.5, 0.6) is 0 Å². The van der Waals surface area contributed by atoms with E-state index in [0.717, 1.165) is 18.0 Å². The van der Waals surface area contributed by atoms with Gasteiger partial charge in [0.25, 0.3) is 0 Å². The van der Waals surface area contributed by atoms with Crippen molar-refractivity contribution in [2.24, 2.45) is 11.8 Å². The molecule has 0 spiro atoms. The lowest BCUT2D eigenvalue weighted by molar-refractivity contribution is 0.0544. The molecule has 0 aromatic carbocycles. The van der Waals surface area contributed by atoms with Gasteiger partial charge in [-0.1, -0.05) is 6.08 Å². The fraction of sp³-hybridized carbons (Fsp3) is 0.769. The first-order valence-corrected chi connectivity index (χ1v) is 6.15. The van der Waals surface area contributed by atoms with Gasteiger partial charge < -0.3 is 4.74 Å². The Morgan fingerprint density at radius 1 is 1.50 bits per heavy atom. The predicted molar refractivity (Wildman–Crippen MR) is 62.9 cm³/mol. The molecular weight excluding hydrogens is 202 g/mol. The molecule has 2 atom stereocenters. The van der Waals surface area contributed by atoms with E-state index in [1.54, 1.807) is 0 Å². The maximum absolute atomic E-state index is 11.6.